The second-order valence-electron chi connectivity index (χ2n) is 15.8. The van der Waals surface area contributed by atoms with Crippen LogP contribution in [0, 0.1) is 0 Å². The van der Waals surface area contributed by atoms with Gasteiger partial charge in [-0.2, -0.15) is 0 Å². The van der Waals surface area contributed by atoms with Gasteiger partial charge in [-0.05, 0) is 69.8 Å². The number of hydrogen-bond donors (Lipinski definition) is 0. The zero-order valence-corrected chi connectivity index (χ0v) is 33.1. The third kappa shape index (κ3) is 4.71. The second kappa shape index (κ2) is 12.8. The van der Waals surface area contributed by atoms with Crippen molar-refractivity contribution in [2.75, 3.05) is 0 Å². The molecular formula is C56H33N3S. The van der Waals surface area contributed by atoms with E-state index in [4.69, 9.17) is 15.0 Å². The van der Waals surface area contributed by atoms with Gasteiger partial charge in [-0.1, -0.05) is 176 Å². The Labute approximate surface area is 351 Å². The van der Waals surface area contributed by atoms with Crippen LogP contribution in [0.1, 0.15) is 22.3 Å². The molecule has 2 aliphatic rings. The molecule has 4 heteroatoms. The van der Waals surface area contributed by atoms with Crippen molar-refractivity contribution >= 4 is 55.2 Å². The van der Waals surface area contributed by atoms with Crippen LogP contribution in [-0.4, -0.2) is 15.0 Å². The van der Waals surface area contributed by atoms with E-state index in [0.717, 1.165) is 71.9 Å². The first kappa shape index (κ1) is 33.6. The molecule has 11 aromatic rings. The van der Waals surface area contributed by atoms with E-state index in [0.29, 0.717) is 0 Å². The summed E-state index contributed by atoms with van der Waals surface area (Å²) < 4.78 is 0. The van der Waals surface area contributed by atoms with E-state index in [-0.39, 0.29) is 0 Å². The van der Waals surface area contributed by atoms with Gasteiger partial charge in [0, 0.05) is 53.4 Å². The van der Waals surface area contributed by atoms with Crippen molar-refractivity contribution in [2.45, 2.75) is 15.2 Å². The summed E-state index contributed by atoms with van der Waals surface area (Å²) in [5, 5.41) is 5.71. The molecule has 0 N–H and O–H groups in total. The molecule has 0 unspecified atom stereocenters. The van der Waals surface area contributed by atoms with E-state index in [1.807, 2.05) is 17.8 Å². The first-order chi connectivity index (χ1) is 29.7. The molecule has 1 aliphatic heterocycles. The summed E-state index contributed by atoms with van der Waals surface area (Å²) in [5.74, 6) is 0. The molecule has 0 amide bonds. The third-order valence-electron chi connectivity index (χ3n) is 12.7. The molecule has 60 heavy (non-hydrogen) atoms. The predicted molar refractivity (Wildman–Crippen MR) is 248 cm³/mol. The fourth-order valence-electron chi connectivity index (χ4n) is 10.1. The van der Waals surface area contributed by atoms with Gasteiger partial charge in [0.25, 0.3) is 0 Å². The van der Waals surface area contributed by atoms with E-state index >= 15 is 0 Å². The molecule has 0 saturated heterocycles. The molecule has 0 radical (unpaired) electrons. The van der Waals surface area contributed by atoms with Gasteiger partial charge < -0.3 is 0 Å². The molecule has 0 bridgehead atoms. The second-order valence-corrected chi connectivity index (χ2v) is 16.9. The van der Waals surface area contributed by atoms with Crippen LogP contribution in [0.2, 0.25) is 0 Å². The van der Waals surface area contributed by atoms with Crippen LogP contribution in [0.15, 0.2) is 210 Å². The van der Waals surface area contributed by atoms with E-state index < -0.39 is 5.41 Å². The van der Waals surface area contributed by atoms with Crippen LogP contribution >= 0.6 is 11.8 Å². The normalized spacial score (nSPS) is 13.4. The Morgan fingerprint density at radius 1 is 0.383 bits per heavy atom. The number of aromatic nitrogens is 3. The monoisotopic (exact) mass is 779 g/mol. The molecule has 1 aliphatic carbocycles. The van der Waals surface area contributed by atoms with Crippen molar-refractivity contribution in [3.63, 3.8) is 0 Å². The molecule has 0 atom stereocenters. The van der Waals surface area contributed by atoms with Crippen LogP contribution in [0.5, 0.6) is 0 Å². The summed E-state index contributed by atoms with van der Waals surface area (Å²) in [6.07, 6.45) is 0. The molecule has 13 rings (SSSR count). The van der Waals surface area contributed by atoms with Crippen LogP contribution in [0.3, 0.4) is 0 Å². The van der Waals surface area contributed by atoms with E-state index in [1.54, 1.807) is 0 Å². The Kier molecular flexibility index (Phi) is 7.16. The van der Waals surface area contributed by atoms with Gasteiger partial charge in [-0.3, -0.25) is 0 Å². The third-order valence-corrected chi connectivity index (χ3v) is 13.8. The zero-order valence-electron chi connectivity index (χ0n) is 32.3. The maximum atomic E-state index is 5.47. The van der Waals surface area contributed by atoms with Crippen molar-refractivity contribution in [1.82, 2.24) is 15.0 Å². The van der Waals surface area contributed by atoms with Crippen molar-refractivity contribution in [3.05, 3.63) is 222 Å². The minimum absolute atomic E-state index is 0.569. The van der Waals surface area contributed by atoms with E-state index in [9.17, 15) is 0 Å². The number of fused-ring (bicyclic) bond motifs is 16. The van der Waals surface area contributed by atoms with E-state index in [1.165, 1.54) is 48.6 Å². The van der Waals surface area contributed by atoms with Crippen molar-refractivity contribution < 1.29 is 0 Å². The lowest BCUT2D eigenvalue weighted by atomic mass is 9.67. The van der Waals surface area contributed by atoms with Gasteiger partial charge in [-0.25, -0.2) is 15.0 Å². The summed E-state index contributed by atoms with van der Waals surface area (Å²) in [6, 6.07) is 72.5. The number of para-hydroxylation sites is 1. The number of hydrogen-bond acceptors (Lipinski definition) is 4. The van der Waals surface area contributed by atoms with Crippen LogP contribution < -0.4 is 0 Å². The molecule has 0 saturated carbocycles. The average molecular weight is 780 g/mol. The molecule has 0 fully saturated rings. The summed E-state index contributed by atoms with van der Waals surface area (Å²) in [6.45, 7) is 0. The largest absolute Gasteiger partial charge is 0.247 e. The number of nitrogens with zero attached hydrogens (tertiary/aromatic N) is 3. The molecule has 1 spiro atoms. The maximum Gasteiger partial charge on any atom is 0.0972 e. The smallest absolute Gasteiger partial charge is 0.0972 e. The highest BCUT2D eigenvalue weighted by atomic mass is 32.2. The fraction of sp³-hybridized carbons (Fsp3) is 0.0179. The summed E-state index contributed by atoms with van der Waals surface area (Å²) in [7, 11) is 0. The highest BCUT2D eigenvalue weighted by Crippen LogP contribution is 2.64. The van der Waals surface area contributed by atoms with Crippen LogP contribution in [-0.2, 0) is 5.41 Å². The predicted octanol–water partition coefficient (Wildman–Crippen LogP) is 14.3. The van der Waals surface area contributed by atoms with Gasteiger partial charge in [-0.15, -0.1) is 0 Å². The van der Waals surface area contributed by atoms with Gasteiger partial charge in [0.05, 0.1) is 39.0 Å². The summed E-state index contributed by atoms with van der Waals surface area (Å²) in [5.41, 5.74) is 16.1. The molecule has 3 nitrogen and oxygen atoms in total. The first-order valence-electron chi connectivity index (χ1n) is 20.4. The number of pyridine rings is 3. The van der Waals surface area contributed by atoms with E-state index in [2.05, 4.69) is 194 Å². The molecule has 8 aromatic carbocycles. The Hall–Kier alpha value is -7.40. The van der Waals surface area contributed by atoms with Crippen molar-refractivity contribution in [1.29, 1.82) is 0 Å². The SMILES string of the molecule is c1ccc(-c2ccc3ccc4ccc(-c5ccc6c(c5)C5(c7ccccc7Sc7ccccc75)c5ccc7c(-c8ccccc8)nc8ccccc8c7c5-6)nc4c3n2)cc1. The lowest BCUT2D eigenvalue weighted by molar-refractivity contribution is 0.723. The van der Waals surface area contributed by atoms with Crippen LogP contribution in [0.25, 0.3) is 88.4 Å². The molecule has 3 aromatic heterocycles. The van der Waals surface area contributed by atoms with Gasteiger partial charge in [0.15, 0.2) is 0 Å². The average Bonchev–Trinajstić information content (AvgIpc) is 3.61. The Balaban J connectivity index is 1.12. The molecular weight excluding hydrogens is 747 g/mol. The Morgan fingerprint density at radius 2 is 0.967 bits per heavy atom. The number of benzene rings is 8. The van der Waals surface area contributed by atoms with Gasteiger partial charge >= 0.3 is 0 Å². The lowest BCUT2D eigenvalue weighted by Gasteiger charge is -2.39. The summed E-state index contributed by atoms with van der Waals surface area (Å²) >= 11 is 1.87. The number of rotatable bonds is 3. The van der Waals surface area contributed by atoms with Crippen molar-refractivity contribution in [3.8, 4) is 44.9 Å². The fourth-order valence-corrected chi connectivity index (χ4v) is 11.3. The molecule has 278 valence electrons. The zero-order chi connectivity index (χ0) is 39.4. The quantitative estimate of drug-likeness (QED) is 0.167. The highest BCUT2D eigenvalue weighted by Gasteiger charge is 2.51. The topological polar surface area (TPSA) is 38.7 Å². The molecule has 4 heterocycles. The Morgan fingerprint density at radius 3 is 1.67 bits per heavy atom. The van der Waals surface area contributed by atoms with Gasteiger partial charge in [0.2, 0.25) is 0 Å². The minimum atomic E-state index is -0.569. The van der Waals surface area contributed by atoms with Crippen LogP contribution in [0.4, 0.5) is 0 Å². The Bertz CT molecular complexity index is 3530. The minimum Gasteiger partial charge on any atom is -0.247 e. The first-order valence-corrected chi connectivity index (χ1v) is 21.3. The maximum absolute atomic E-state index is 5.47. The summed E-state index contributed by atoms with van der Waals surface area (Å²) in [4.78, 5) is 18.6. The lowest BCUT2D eigenvalue weighted by Crippen LogP contribution is -2.32. The standard InChI is InChI=1S/C56H33N3S/c1-3-13-34(14-4-1)46-31-26-36-23-24-37-27-32-47(58-55(37)54(36)57-46)38-25-28-39-45(33-38)56(42-18-8-11-21-49(42)60-50-22-12-9-19-43(50)56)44-30-29-41-51(52(39)44)40-17-7-10-20-48(40)59-53(41)35-15-5-2-6-16-35/h1-33H. The van der Waals surface area contributed by atoms with Gasteiger partial charge in [0.1, 0.15) is 0 Å². The highest BCUT2D eigenvalue weighted by molar-refractivity contribution is 7.99. The van der Waals surface area contributed by atoms with Crippen molar-refractivity contribution in [2.24, 2.45) is 0 Å².